The first-order valence-electron chi connectivity index (χ1n) is 6.41. The fourth-order valence-corrected chi connectivity index (χ4v) is 2.69. The second kappa shape index (κ2) is 6.21. The van der Waals surface area contributed by atoms with E-state index in [0.29, 0.717) is 5.92 Å². The van der Waals surface area contributed by atoms with Crippen molar-refractivity contribution in [3.8, 4) is 0 Å². The average Bonchev–Trinajstić information content (AvgIpc) is 2.41. The minimum Gasteiger partial charge on any atom is -0.411 e. The largest absolute Gasteiger partial charge is 0.411 e. The number of likely N-dealkylation sites (tertiary alicyclic amines) is 1. The Bertz CT molecular complexity index is 434. The van der Waals surface area contributed by atoms with Crippen molar-refractivity contribution in [2.75, 3.05) is 13.1 Å². The van der Waals surface area contributed by atoms with E-state index in [4.69, 9.17) is 16.8 Å². The number of oxime groups is 1. The average molecular weight is 267 g/mol. The molecule has 1 fully saturated rings. The van der Waals surface area contributed by atoms with Crippen LogP contribution in [0.5, 0.6) is 0 Å². The highest BCUT2D eigenvalue weighted by Crippen LogP contribution is 2.22. The standard InChI is InChI=1S/C14H19ClN2O/c1-2-11-9-17(8-7-14(11)16-18)10-12-5-3-4-6-13(12)15/h3-6,11,18H,2,7-10H2,1H3/b16-14+. The van der Waals surface area contributed by atoms with Crippen molar-refractivity contribution in [2.24, 2.45) is 11.1 Å². The van der Waals surface area contributed by atoms with Crippen LogP contribution >= 0.6 is 11.6 Å². The van der Waals surface area contributed by atoms with E-state index >= 15 is 0 Å². The number of benzene rings is 1. The molecule has 1 N–H and O–H groups in total. The topological polar surface area (TPSA) is 35.8 Å². The zero-order valence-corrected chi connectivity index (χ0v) is 11.4. The summed E-state index contributed by atoms with van der Waals surface area (Å²) in [6.45, 7) is 4.88. The molecule has 0 radical (unpaired) electrons. The third kappa shape index (κ3) is 3.03. The van der Waals surface area contributed by atoms with Gasteiger partial charge in [0.15, 0.2) is 0 Å². The van der Waals surface area contributed by atoms with Gasteiger partial charge in [-0.3, -0.25) is 4.90 Å². The number of piperidine rings is 1. The Morgan fingerprint density at radius 3 is 2.89 bits per heavy atom. The van der Waals surface area contributed by atoms with E-state index < -0.39 is 0 Å². The van der Waals surface area contributed by atoms with Crippen LogP contribution in [-0.4, -0.2) is 28.9 Å². The van der Waals surface area contributed by atoms with Crippen molar-refractivity contribution in [3.63, 3.8) is 0 Å². The summed E-state index contributed by atoms with van der Waals surface area (Å²) in [5.41, 5.74) is 2.10. The molecule has 18 heavy (non-hydrogen) atoms. The van der Waals surface area contributed by atoms with Crippen molar-refractivity contribution in [3.05, 3.63) is 34.9 Å². The number of halogens is 1. The summed E-state index contributed by atoms with van der Waals surface area (Å²) >= 11 is 6.18. The lowest BCUT2D eigenvalue weighted by molar-refractivity contribution is 0.220. The van der Waals surface area contributed by atoms with E-state index in [2.05, 4.69) is 23.0 Å². The predicted molar refractivity (Wildman–Crippen MR) is 74.3 cm³/mol. The van der Waals surface area contributed by atoms with Gasteiger partial charge in [0.1, 0.15) is 0 Å². The molecule has 0 aromatic heterocycles. The molecule has 1 atom stereocenters. The van der Waals surface area contributed by atoms with Gasteiger partial charge in [-0.2, -0.15) is 0 Å². The van der Waals surface area contributed by atoms with E-state index in [1.165, 1.54) is 5.56 Å². The van der Waals surface area contributed by atoms with Gasteiger partial charge in [0, 0.05) is 37.0 Å². The van der Waals surface area contributed by atoms with E-state index in [1.807, 2.05) is 18.2 Å². The molecular weight excluding hydrogens is 248 g/mol. The Morgan fingerprint density at radius 2 is 2.22 bits per heavy atom. The van der Waals surface area contributed by atoms with Crippen LogP contribution in [0.2, 0.25) is 5.02 Å². The van der Waals surface area contributed by atoms with Gasteiger partial charge < -0.3 is 5.21 Å². The summed E-state index contributed by atoms with van der Waals surface area (Å²) in [7, 11) is 0. The fraction of sp³-hybridized carbons (Fsp3) is 0.500. The summed E-state index contributed by atoms with van der Waals surface area (Å²) in [6, 6.07) is 7.97. The zero-order chi connectivity index (χ0) is 13.0. The van der Waals surface area contributed by atoms with Gasteiger partial charge in [-0.25, -0.2) is 0 Å². The maximum atomic E-state index is 8.96. The Kier molecular flexibility index (Phi) is 4.61. The van der Waals surface area contributed by atoms with Crippen LogP contribution in [0.1, 0.15) is 25.3 Å². The zero-order valence-electron chi connectivity index (χ0n) is 10.6. The summed E-state index contributed by atoms with van der Waals surface area (Å²) in [5.74, 6) is 0.367. The first-order valence-corrected chi connectivity index (χ1v) is 6.79. The fourth-order valence-electron chi connectivity index (χ4n) is 2.49. The SMILES string of the molecule is CCC1CN(Cc2ccccc2Cl)CC/C1=N\O. The molecular formula is C14H19ClN2O. The van der Waals surface area contributed by atoms with Crippen molar-refractivity contribution >= 4 is 17.3 Å². The lowest BCUT2D eigenvalue weighted by Crippen LogP contribution is -2.40. The Labute approximate surface area is 113 Å². The Hall–Kier alpha value is -1.06. The second-order valence-corrected chi connectivity index (χ2v) is 5.18. The van der Waals surface area contributed by atoms with Crippen LogP contribution in [0.15, 0.2) is 29.4 Å². The molecule has 1 saturated heterocycles. The molecule has 0 aliphatic carbocycles. The van der Waals surface area contributed by atoms with Crippen LogP contribution in [0, 0.1) is 5.92 Å². The first-order chi connectivity index (χ1) is 8.74. The van der Waals surface area contributed by atoms with Gasteiger partial charge in [0.05, 0.1) is 5.71 Å². The van der Waals surface area contributed by atoms with Crippen LogP contribution < -0.4 is 0 Å². The van der Waals surface area contributed by atoms with Gasteiger partial charge in [-0.15, -0.1) is 0 Å². The van der Waals surface area contributed by atoms with Gasteiger partial charge in [-0.1, -0.05) is 41.9 Å². The predicted octanol–water partition coefficient (Wildman–Crippen LogP) is 3.40. The molecule has 3 nitrogen and oxygen atoms in total. The van der Waals surface area contributed by atoms with Gasteiger partial charge in [0.2, 0.25) is 0 Å². The van der Waals surface area contributed by atoms with Crippen molar-refractivity contribution in [2.45, 2.75) is 26.3 Å². The highest BCUT2D eigenvalue weighted by atomic mass is 35.5. The summed E-state index contributed by atoms with van der Waals surface area (Å²) in [5, 5.41) is 13.2. The molecule has 1 aliphatic heterocycles. The van der Waals surface area contributed by atoms with Crippen molar-refractivity contribution in [1.29, 1.82) is 0 Å². The molecule has 1 aromatic rings. The molecule has 0 amide bonds. The van der Waals surface area contributed by atoms with Crippen LogP contribution in [0.3, 0.4) is 0 Å². The van der Waals surface area contributed by atoms with Crippen molar-refractivity contribution < 1.29 is 5.21 Å². The molecule has 98 valence electrons. The summed E-state index contributed by atoms with van der Waals surface area (Å²) in [4.78, 5) is 2.38. The molecule has 0 bridgehead atoms. The molecule has 2 rings (SSSR count). The number of rotatable bonds is 3. The summed E-state index contributed by atoms with van der Waals surface area (Å²) in [6.07, 6.45) is 1.86. The van der Waals surface area contributed by atoms with E-state index in [-0.39, 0.29) is 0 Å². The highest BCUT2D eigenvalue weighted by molar-refractivity contribution is 6.31. The van der Waals surface area contributed by atoms with Crippen LogP contribution in [0.25, 0.3) is 0 Å². The molecule has 4 heteroatoms. The molecule has 1 unspecified atom stereocenters. The van der Waals surface area contributed by atoms with E-state index in [0.717, 1.165) is 43.2 Å². The highest BCUT2D eigenvalue weighted by Gasteiger charge is 2.24. The molecule has 1 heterocycles. The first kappa shape index (κ1) is 13.4. The van der Waals surface area contributed by atoms with E-state index in [9.17, 15) is 0 Å². The van der Waals surface area contributed by atoms with Gasteiger partial charge >= 0.3 is 0 Å². The van der Waals surface area contributed by atoms with Crippen molar-refractivity contribution in [1.82, 2.24) is 4.90 Å². The quantitative estimate of drug-likeness (QED) is 0.672. The minimum atomic E-state index is 0.367. The normalized spacial score (nSPS) is 23.4. The molecule has 1 aliphatic rings. The Morgan fingerprint density at radius 1 is 1.44 bits per heavy atom. The molecule has 0 spiro atoms. The van der Waals surface area contributed by atoms with Crippen LogP contribution in [0.4, 0.5) is 0 Å². The Balaban J connectivity index is 2.02. The second-order valence-electron chi connectivity index (χ2n) is 4.77. The minimum absolute atomic E-state index is 0.367. The maximum absolute atomic E-state index is 8.96. The molecule has 1 aromatic carbocycles. The number of nitrogens with zero attached hydrogens (tertiary/aromatic N) is 2. The maximum Gasteiger partial charge on any atom is 0.0627 e. The lowest BCUT2D eigenvalue weighted by atomic mass is 9.93. The smallest absolute Gasteiger partial charge is 0.0627 e. The van der Waals surface area contributed by atoms with Crippen LogP contribution in [-0.2, 0) is 6.54 Å². The summed E-state index contributed by atoms with van der Waals surface area (Å²) < 4.78 is 0. The lowest BCUT2D eigenvalue weighted by Gasteiger charge is -2.32. The van der Waals surface area contributed by atoms with E-state index in [1.54, 1.807) is 0 Å². The number of hydrogen-bond acceptors (Lipinski definition) is 3. The third-order valence-electron chi connectivity index (χ3n) is 3.61. The molecule has 0 saturated carbocycles. The number of hydrogen-bond donors (Lipinski definition) is 1. The van der Waals surface area contributed by atoms with Gasteiger partial charge in [0.25, 0.3) is 0 Å². The van der Waals surface area contributed by atoms with Gasteiger partial charge in [-0.05, 0) is 18.1 Å². The monoisotopic (exact) mass is 266 g/mol. The third-order valence-corrected chi connectivity index (χ3v) is 3.98.